The van der Waals surface area contributed by atoms with E-state index in [0.717, 1.165) is 30.3 Å². The molecule has 246 valence electrons. The van der Waals surface area contributed by atoms with Crippen LogP contribution in [-0.4, -0.2) is 3.26 Å². The molecule has 0 nitrogen and oxygen atoms in total. The Bertz CT molecular complexity index is 1620. The SMILES string of the molecule is CC(C)(C)c1c[c-]c2c(c1)-c1cc(C(C)(C)C)ccc1C2.Cc1cc(C(C)(C)C)c[cH-]1.[Cl-].[Cl-].[Hf+2]=[C](c1ccccc1)c1ccccc1. The van der Waals surface area contributed by atoms with Crippen LogP contribution in [0.25, 0.3) is 11.1 Å². The number of rotatable bonds is 2. The third kappa shape index (κ3) is 11.0. The molecule has 0 bridgehead atoms. The number of halogens is 2. The van der Waals surface area contributed by atoms with Crippen LogP contribution in [0.5, 0.6) is 0 Å². The molecule has 0 heterocycles. The van der Waals surface area contributed by atoms with E-state index in [0.29, 0.717) is 5.41 Å². The van der Waals surface area contributed by atoms with Crippen molar-refractivity contribution in [3.05, 3.63) is 160 Å². The van der Waals surface area contributed by atoms with Gasteiger partial charge in [0.05, 0.1) is 0 Å². The van der Waals surface area contributed by atoms with Crippen LogP contribution in [0.3, 0.4) is 0 Å². The molecule has 0 saturated carbocycles. The number of hydrogen-bond acceptors (Lipinski definition) is 0. The van der Waals surface area contributed by atoms with E-state index in [2.05, 4.69) is 184 Å². The predicted octanol–water partition coefficient (Wildman–Crippen LogP) is 5.47. The number of benzene rings is 4. The molecule has 0 radical (unpaired) electrons. The molecule has 6 rings (SSSR count). The summed E-state index contributed by atoms with van der Waals surface area (Å²) in [5.74, 6) is 0. The zero-order chi connectivity index (χ0) is 33.0. The van der Waals surface area contributed by atoms with Crippen molar-refractivity contribution < 1.29 is 48.7 Å². The summed E-state index contributed by atoms with van der Waals surface area (Å²) in [5, 5.41) is 0. The summed E-state index contributed by atoms with van der Waals surface area (Å²) in [6, 6.07) is 42.9. The van der Waals surface area contributed by atoms with Crippen molar-refractivity contribution in [1.29, 1.82) is 0 Å². The van der Waals surface area contributed by atoms with E-state index in [9.17, 15) is 0 Å². The molecule has 0 atom stereocenters. The number of hydrogen-bond donors (Lipinski definition) is 0. The van der Waals surface area contributed by atoms with Crippen LogP contribution in [-0.2, 0) is 46.6 Å². The molecule has 0 spiro atoms. The summed E-state index contributed by atoms with van der Waals surface area (Å²) in [5.41, 5.74) is 14.6. The third-order valence-corrected chi connectivity index (χ3v) is 10.5. The van der Waals surface area contributed by atoms with Crippen molar-refractivity contribution in [3.8, 4) is 11.1 Å². The van der Waals surface area contributed by atoms with E-state index in [-0.39, 0.29) is 35.6 Å². The van der Waals surface area contributed by atoms with Gasteiger partial charge < -0.3 is 24.8 Å². The Kier molecular flexibility index (Phi) is 14.5. The Labute approximate surface area is 312 Å². The van der Waals surface area contributed by atoms with Gasteiger partial charge in [-0.05, 0) is 17.4 Å². The van der Waals surface area contributed by atoms with Crippen LogP contribution < -0.4 is 24.8 Å². The molecule has 1 aliphatic carbocycles. The summed E-state index contributed by atoms with van der Waals surface area (Å²) < 4.78 is 1.46. The van der Waals surface area contributed by atoms with Gasteiger partial charge in [-0.15, -0.1) is 5.56 Å². The van der Waals surface area contributed by atoms with E-state index in [1.807, 2.05) is 0 Å². The molecular weight excluding hydrogens is 778 g/mol. The van der Waals surface area contributed by atoms with Crippen molar-refractivity contribution in [2.24, 2.45) is 0 Å². The zero-order valence-electron chi connectivity index (χ0n) is 29.9. The van der Waals surface area contributed by atoms with E-state index in [1.165, 1.54) is 58.9 Å². The molecule has 5 aromatic rings. The van der Waals surface area contributed by atoms with Gasteiger partial charge in [0.2, 0.25) is 0 Å². The summed E-state index contributed by atoms with van der Waals surface area (Å²) in [6.45, 7) is 22.5. The van der Waals surface area contributed by atoms with E-state index < -0.39 is 0 Å². The van der Waals surface area contributed by atoms with Crippen LogP contribution >= 0.6 is 0 Å². The van der Waals surface area contributed by atoms with Gasteiger partial charge in [0.1, 0.15) is 0 Å². The van der Waals surface area contributed by atoms with Gasteiger partial charge in [-0.2, -0.15) is 52.6 Å². The standard InChI is InChI=1S/C21H25.C13H10.C10H15.2ClH.Hf/c1-20(2,3)16-9-7-14-11-15-8-10-17(21(4,5)6)13-19(15)18(14)12-16;1-3-7-12(8-4-1)11-13-9-5-2-6-10-13;1-8-5-6-9(7-8)10(2,3)4;;;/h7,9-10,12-13H,11H2,1-6H3;1-10H;5-7H,1-4H3;2*1H;/q-1;;-1;;;+2/p-2. The van der Waals surface area contributed by atoms with Gasteiger partial charge in [0.15, 0.2) is 0 Å². The Balaban J connectivity index is 0.000000258. The predicted molar refractivity (Wildman–Crippen MR) is 192 cm³/mol. The monoisotopic (exact) mass is 828 g/mol. The first kappa shape index (κ1) is 40.7. The maximum atomic E-state index is 3.53. The Morgan fingerprint density at radius 3 is 1.53 bits per heavy atom. The van der Waals surface area contributed by atoms with Gasteiger partial charge in [-0.1, -0.05) is 109 Å². The molecule has 0 unspecified atom stereocenters. The van der Waals surface area contributed by atoms with Crippen molar-refractivity contribution >= 4 is 3.26 Å². The molecule has 0 N–H and O–H groups in total. The molecule has 5 aromatic carbocycles. The van der Waals surface area contributed by atoms with Crippen molar-refractivity contribution in [3.63, 3.8) is 0 Å². The molecule has 0 aromatic heterocycles. The van der Waals surface area contributed by atoms with E-state index in [1.54, 1.807) is 0 Å². The first-order chi connectivity index (χ1) is 21.0. The second kappa shape index (κ2) is 16.8. The van der Waals surface area contributed by atoms with E-state index in [4.69, 9.17) is 0 Å². The molecule has 0 amide bonds. The molecule has 47 heavy (non-hydrogen) atoms. The fourth-order valence-electron chi connectivity index (χ4n) is 5.39. The molecule has 0 fully saturated rings. The Hall–Kier alpha value is -2.45. The fraction of sp³-hybridized carbons (Fsp3) is 0.318. The summed E-state index contributed by atoms with van der Waals surface area (Å²) in [6.07, 6.45) is 1.03. The zero-order valence-corrected chi connectivity index (χ0v) is 35.0. The summed E-state index contributed by atoms with van der Waals surface area (Å²) in [4.78, 5) is 0. The first-order valence-electron chi connectivity index (χ1n) is 16.2. The molecule has 0 aliphatic heterocycles. The van der Waals surface area contributed by atoms with Gasteiger partial charge in [-0.3, -0.25) is 0 Å². The third-order valence-electron chi connectivity index (χ3n) is 8.43. The van der Waals surface area contributed by atoms with E-state index >= 15 is 0 Å². The normalized spacial score (nSPS) is 11.7. The topological polar surface area (TPSA) is 0 Å². The quantitative estimate of drug-likeness (QED) is 0.161. The number of fused-ring (bicyclic) bond motifs is 3. The van der Waals surface area contributed by atoms with Gasteiger partial charge in [0.25, 0.3) is 0 Å². The molecule has 1 aliphatic rings. The van der Waals surface area contributed by atoms with Crippen molar-refractivity contribution in [2.45, 2.75) is 91.9 Å². The first-order valence-corrected chi connectivity index (χ1v) is 18.0. The van der Waals surface area contributed by atoms with Crippen LogP contribution in [0.4, 0.5) is 0 Å². The Morgan fingerprint density at radius 2 is 1.11 bits per heavy atom. The minimum absolute atomic E-state index is 0. The van der Waals surface area contributed by atoms with Crippen LogP contribution in [0.15, 0.2) is 109 Å². The van der Waals surface area contributed by atoms with Crippen LogP contribution in [0.2, 0.25) is 0 Å². The minimum atomic E-state index is 0. The van der Waals surface area contributed by atoms with Gasteiger partial charge >= 0.3 is 98.9 Å². The number of aryl methyl sites for hydroxylation is 1. The average molecular weight is 828 g/mol. The average Bonchev–Trinajstić information content (AvgIpc) is 3.60. The molecule has 3 heteroatoms. The van der Waals surface area contributed by atoms with Gasteiger partial charge in [-0.25, -0.2) is 6.07 Å². The second-order valence-corrected chi connectivity index (χ2v) is 17.2. The molecular formula is C44H50Cl2Hf-2. The van der Waals surface area contributed by atoms with Crippen LogP contribution in [0, 0.1) is 13.0 Å². The fourth-order valence-corrected chi connectivity index (χ4v) is 6.59. The second-order valence-electron chi connectivity index (χ2n) is 15.4. The summed E-state index contributed by atoms with van der Waals surface area (Å²) >= 11 is 1.08. The maximum absolute atomic E-state index is 3.53. The van der Waals surface area contributed by atoms with Gasteiger partial charge in [0, 0.05) is 0 Å². The van der Waals surface area contributed by atoms with Crippen molar-refractivity contribution in [1.82, 2.24) is 0 Å². The van der Waals surface area contributed by atoms with Crippen LogP contribution in [0.1, 0.15) is 107 Å². The van der Waals surface area contributed by atoms with Crippen molar-refractivity contribution in [2.75, 3.05) is 0 Å². The molecule has 0 saturated heterocycles. The summed E-state index contributed by atoms with van der Waals surface area (Å²) in [7, 11) is 0. The Morgan fingerprint density at radius 1 is 0.617 bits per heavy atom.